The molecule has 0 saturated carbocycles. The Morgan fingerprint density at radius 1 is 1.00 bits per heavy atom. The van der Waals surface area contributed by atoms with E-state index in [1.54, 1.807) is 0 Å². The molecule has 0 bridgehead atoms. The standard InChI is InChI=1S/C8H17NO.C6H7N/c1-7(2)5-6-8(3,4)9(7)10;7-6-4-2-1-3-5-6/h10H,5-6H2,1-4H3;1-5H,7H2. The third kappa shape index (κ3) is 3.72. The summed E-state index contributed by atoms with van der Waals surface area (Å²) in [7, 11) is 0. The van der Waals surface area contributed by atoms with Crippen LogP contribution >= 0.6 is 0 Å². The van der Waals surface area contributed by atoms with E-state index in [2.05, 4.69) is 27.7 Å². The van der Waals surface area contributed by atoms with Gasteiger partial charge in [0.15, 0.2) is 0 Å². The first-order valence-electron chi connectivity index (χ1n) is 6.05. The fourth-order valence-corrected chi connectivity index (χ4v) is 2.10. The highest BCUT2D eigenvalue weighted by Gasteiger charge is 2.43. The quantitative estimate of drug-likeness (QED) is 0.679. The van der Waals surface area contributed by atoms with Crippen LogP contribution in [-0.2, 0) is 0 Å². The van der Waals surface area contributed by atoms with Crippen LogP contribution in [0.1, 0.15) is 40.5 Å². The van der Waals surface area contributed by atoms with Gasteiger partial charge in [0, 0.05) is 16.8 Å². The van der Waals surface area contributed by atoms with Crippen LogP contribution in [0, 0.1) is 0 Å². The number of hydrogen-bond acceptors (Lipinski definition) is 3. The van der Waals surface area contributed by atoms with Crippen LogP contribution in [0.4, 0.5) is 5.69 Å². The molecule has 1 saturated heterocycles. The summed E-state index contributed by atoms with van der Waals surface area (Å²) in [5, 5.41) is 11.1. The highest BCUT2D eigenvalue weighted by molar-refractivity contribution is 5.35. The Morgan fingerprint density at radius 2 is 1.41 bits per heavy atom. The minimum absolute atomic E-state index is 0.0243. The van der Waals surface area contributed by atoms with E-state index in [0.29, 0.717) is 0 Å². The average Bonchev–Trinajstić information content (AvgIpc) is 2.45. The van der Waals surface area contributed by atoms with E-state index in [9.17, 15) is 5.21 Å². The molecule has 1 fully saturated rings. The van der Waals surface area contributed by atoms with Gasteiger partial charge in [-0.25, -0.2) is 0 Å². The number of benzene rings is 1. The molecule has 3 heteroatoms. The maximum Gasteiger partial charge on any atom is 0.0411 e. The molecule has 1 aromatic carbocycles. The molecular weight excluding hydrogens is 212 g/mol. The van der Waals surface area contributed by atoms with Crippen molar-refractivity contribution >= 4 is 5.69 Å². The topological polar surface area (TPSA) is 49.5 Å². The zero-order chi connectivity index (χ0) is 13.1. The fraction of sp³-hybridized carbons (Fsp3) is 0.571. The van der Waals surface area contributed by atoms with E-state index in [4.69, 9.17) is 5.73 Å². The zero-order valence-corrected chi connectivity index (χ0v) is 11.3. The van der Waals surface area contributed by atoms with Crippen LogP contribution in [-0.4, -0.2) is 21.3 Å². The van der Waals surface area contributed by atoms with Gasteiger partial charge in [-0.05, 0) is 52.7 Å². The summed E-state index contributed by atoms with van der Waals surface area (Å²) < 4.78 is 0. The number of para-hydroxylation sites is 1. The Hall–Kier alpha value is -1.06. The van der Waals surface area contributed by atoms with Gasteiger partial charge in [-0.15, -0.1) is 0 Å². The minimum atomic E-state index is -0.0243. The highest BCUT2D eigenvalue weighted by Crippen LogP contribution is 2.38. The lowest BCUT2D eigenvalue weighted by Gasteiger charge is -2.34. The maximum atomic E-state index is 9.62. The second kappa shape index (κ2) is 5.07. The molecule has 0 atom stereocenters. The largest absolute Gasteiger partial charge is 0.399 e. The van der Waals surface area contributed by atoms with Crippen molar-refractivity contribution in [2.24, 2.45) is 0 Å². The number of nitrogens with two attached hydrogens (primary N) is 1. The van der Waals surface area contributed by atoms with Gasteiger partial charge in [-0.1, -0.05) is 18.2 Å². The summed E-state index contributed by atoms with van der Waals surface area (Å²) in [5.41, 5.74) is 6.13. The number of nitrogens with zero attached hydrogens (tertiary/aromatic N) is 1. The molecule has 1 aliphatic rings. The van der Waals surface area contributed by atoms with Crippen molar-refractivity contribution in [3.63, 3.8) is 0 Å². The number of hydrogen-bond donors (Lipinski definition) is 2. The predicted octanol–water partition coefficient (Wildman–Crippen LogP) is 3.30. The molecule has 0 spiro atoms. The van der Waals surface area contributed by atoms with E-state index >= 15 is 0 Å². The first-order chi connectivity index (χ1) is 7.76. The number of nitrogen functional groups attached to an aromatic ring is 1. The van der Waals surface area contributed by atoms with Gasteiger partial charge in [0.05, 0.1) is 0 Å². The lowest BCUT2D eigenvalue weighted by atomic mass is 10.0. The Morgan fingerprint density at radius 3 is 1.59 bits per heavy atom. The zero-order valence-electron chi connectivity index (χ0n) is 11.3. The first kappa shape index (κ1) is 14.0. The van der Waals surface area contributed by atoms with Gasteiger partial charge in [0.1, 0.15) is 0 Å². The molecule has 2 rings (SSSR count). The minimum Gasteiger partial charge on any atom is -0.399 e. The van der Waals surface area contributed by atoms with E-state index in [1.165, 1.54) is 5.06 Å². The SMILES string of the molecule is CC1(C)CCC(C)(C)N1O.Nc1ccccc1. The summed E-state index contributed by atoms with van der Waals surface area (Å²) in [6.45, 7) is 8.28. The van der Waals surface area contributed by atoms with Crippen LogP contribution in [0.15, 0.2) is 30.3 Å². The molecule has 0 unspecified atom stereocenters. The van der Waals surface area contributed by atoms with Crippen molar-refractivity contribution < 1.29 is 5.21 Å². The van der Waals surface area contributed by atoms with E-state index in [0.717, 1.165) is 18.5 Å². The van der Waals surface area contributed by atoms with Crippen LogP contribution in [0.5, 0.6) is 0 Å². The second-order valence-electron chi connectivity index (χ2n) is 5.85. The molecule has 0 radical (unpaired) electrons. The van der Waals surface area contributed by atoms with Gasteiger partial charge in [0.2, 0.25) is 0 Å². The molecule has 1 aromatic rings. The summed E-state index contributed by atoms with van der Waals surface area (Å²) in [6, 6.07) is 9.49. The lowest BCUT2D eigenvalue weighted by Crippen LogP contribution is -2.45. The third-order valence-corrected chi connectivity index (χ3v) is 3.29. The van der Waals surface area contributed by atoms with Crippen LogP contribution < -0.4 is 5.73 Å². The second-order valence-corrected chi connectivity index (χ2v) is 5.85. The predicted molar refractivity (Wildman–Crippen MR) is 71.9 cm³/mol. The van der Waals surface area contributed by atoms with Crippen LogP contribution in [0.3, 0.4) is 0 Å². The molecular formula is C14H24N2O. The van der Waals surface area contributed by atoms with Crippen molar-refractivity contribution in [2.75, 3.05) is 5.73 Å². The van der Waals surface area contributed by atoms with E-state index < -0.39 is 0 Å². The van der Waals surface area contributed by atoms with Crippen molar-refractivity contribution in [2.45, 2.75) is 51.6 Å². The molecule has 3 nitrogen and oxygen atoms in total. The van der Waals surface area contributed by atoms with E-state index in [-0.39, 0.29) is 11.1 Å². The van der Waals surface area contributed by atoms with Crippen LogP contribution in [0.2, 0.25) is 0 Å². The van der Waals surface area contributed by atoms with Gasteiger partial charge in [-0.2, -0.15) is 5.06 Å². The number of hydroxylamine groups is 2. The van der Waals surface area contributed by atoms with Crippen molar-refractivity contribution in [1.29, 1.82) is 0 Å². The van der Waals surface area contributed by atoms with Crippen LogP contribution in [0.25, 0.3) is 0 Å². The maximum absolute atomic E-state index is 9.62. The fourth-order valence-electron chi connectivity index (χ4n) is 2.10. The number of anilines is 1. The molecule has 3 N–H and O–H groups in total. The van der Waals surface area contributed by atoms with Gasteiger partial charge >= 0.3 is 0 Å². The molecule has 0 amide bonds. The van der Waals surface area contributed by atoms with Crippen molar-refractivity contribution in [3.05, 3.63) is 30.3 Å². The highest BCUT2D eigenvalue weighted by atomic mass is 16.5. The molecule has 1 aliphatic heterocycles. The van der Waals surface area contributed by atoms with Gasteiger partial charge in [-0.3, -0.25) is 0 Å². The van der Waals surface area contributed by atoms with Gasteiger partial charge in [0.25, 0.3) is 0 Å². The van der Waals surface area contributed by atoms with Gasteiger partial charge < -0.3 is 10.9 Å². The molecule has 96 valence electrons. The average molecular weight is 236 g/mol. The van der Waals surface area contributed by atoms with Crippen molar-refractivity contribution in [3.8, 4) is 0 Å². The summed E-state index contributed by atoms with van der Waals surface area (Å²) in [6.07, 6.45) is 2.16. The summed E-state index contributed by atoms with van der Waals surface area (Å²) >= 11 is 0. The monoisotopic (exact) mass is 236 g/mol. The Kier molecular flexibility index (Phi) is 4.17. The Bertz CT molecular complexity index is 330. The Labute approximate surface area is 104 Å². The molecule has 1 heterocycles. The van der Waals surface area contributed by atoms with E-state index in [1.807, 2.05) is 30.3 Å². The summed E-state index contributed by atoms with van der Waals surface area (Å²) in [4.78, 5) is 0. The normalized spacial score (nSPS) is 21.7. The van der Waals surface area contributed by atoms with Crippen molar-refractivity contribution in [1.82, 2.24) is 5.06 Å². The first-order valence-corrected chi connectivity index (χ1v) is 6.05. The summed E-state index contributed by atoms with van der Waals surface area (Å²) in [5.74, 6) is 0. The third-order valence-electron chi connectivity index (χ3n) is 3.29. The number of rotatable bonds is 0. The Balaban J connectivity index is 0.000000181. The lowest BCUT2D eigenvalue weighted by molar-refractivity contribution is -0.191. The molecule has 0 aliphatic carbocycles. The molecule has 17 heavy (non-hydrogen) atoms. The molecule has 0 aromatic heterocycles. The smallest absolute Gasteiger partial charge is 0.0411 e.